The van der Waals surface area contributed by atoms with Crippen LogP contribution in [0.2, 0.25) is 0 Å². The van der Waals surface area contributed by atoms with Crippen LogP contribution in [0.15, 0.2) is 46.9 Å². The first-order valence-electron chi connectivity index (χ1n) is 6.77. The van der Waals surface area contributed by atoms with Crippen molar-refractivity contribution in [2.75, 3.05) is 5.32 Å². The molecule has 0 aliphatic heterocycles. The van der Waals surface area contributed by atoms with E-state index in [4.69, 9.17) is 0 Å². The van der Waals surface area contributed by atoms with Gasteiger partial charge in [0.2, 0.25) is 0 Å². The van der Waals surface area contributed by atoms with Crippen LogP contribution in [0, 0.1) is 11.2 Å². The van der Waals surface area contributed by atoms with Gasteiger partial charge in [0.1, 0.15) is 5.82 Å². The molecule has 0 spiro atoms. The molecule has 104 valence electrons. The first-order chi connectivity index (χ1) is 9.47. The molecule has 1 aliphatic carbocycles. The van der Waals surface area contributed by atoms with Gasteiger partial charge in [0.05, 0.1) is 11.7 Å². The highest BCUT2D eigenvalue weighted by Crippen LogP contribution is 2.47. The van der Waals surface area contributed by atoms with Crippen molar-refractivity contribution in [3.05, 3.63) is 63.9 Å². The number of benzene rings is 2. The lowest BCUT2D eigenvalue weighted by Gasteiger charge is -2.29. The van der Waals surface area contributed by atoms with Crippen molar-refractivity contribution < 1.29 is 4.39 Å². The van der Waals surface area contributed by atoms with Gasteiger partial charge in [-0.3, -0.25) is 0 Å². The lowest BCUT2D eigenvalue weighted by Crippen LogP contribution is -2.24. The molecule has 2 aromatic carbocycles. The van der Waals surface area contributed by atoms with Gasteiger partial charge in [0, 0.05) is 4.47 Å². The molecule has 1 unspecified atom stereocenters. The third-order valence-corrected chi connectivity index (χ3v) is 4.52. The smallest absolute Gasteiger partial charge is 0.146 e. The van der Waals surface area contributed by atoms with E-state index in [1.54, 1.807) is 12.1 Å². The molecule has 2 aromatic rings. The Morgan fingerprint density at radius 2 is 1.95 bits per heavy atom. The molecule has 20 heavy (non-hydrogen) atoms. The summed E-state index contributed by atoms with van der Waals surface area (Å²) in [7, 11) is 0. The molecule has 1 nitrogen and oxygen atoms in total. The maximum atomic E-state index is 14.0. The molecule has 1 aliphatic rings. The van der Waals surface area contributed by atoms with Crippen LogP contribution in [0.25, 0.3) is 0 Å². The standard InChI is InChI=1S/C17H17BrFN/c1-17(2)10-11-5-3-4-6-13(11)16(17)20-15-9-12(18)7-8-14(15)19/h3-9,16,20H,10H2,1-2H3. The van der Waals surface area contributed by atoms with Crippen LogP contribution in [0.1, 0.15) is 31.0 Å². The Hall–Kier alpha value is -1.35. The van der Waals surface area contributed by atoms with E-state index in [0.29, 0.717) is 5.69 Å². The highest BCUT2D eigenvalue weighted by atomic mass is 79.9. The summed E-state index contributed by atoms with van der Waals surface area (Å²) in [6.45, 7) is 4.45. The Morgan fingerprint density at radius 1 is 1.20 bits per heavy atom. The minimum atomic E-state index is -0.214. The molecule has 0 amide bonds. The van der Waals surface area contributed by atoms with Gasteiger partial charge < -0.3 is 5.32 Å². The minimum absolute atomic E-state index is 0.0679. The molecule has 0 saturated heterocycles. The zero-order valence-electron chi connectivity index (χ0n) is 11.6. The quantitative estimate of drug-likeness (QED) is 0.783. The minimum Gasteiger partial charge on any atom is -0.375 e. The number of rotatable bonds is 2. The molecule has 0 radical (unpaired) electrons. The van der Waals surface area contributed by atoms with Gasteiger partial charge in [-0.15, -0.1) is 0 Å². The van der Waals surface area contributed by atoms with E-state index < -0.39 is 0 Å². The Labute approximate surface area is 127 Å². The number of halogens is 2. The van der Waals surface area contributed by atoms with Crippen molar-refractivity contribution in [3.8, 4) is 0 Å². The summed E-state index contributed by atoms with van der Waals surface area (Å²) in [6.07, 6.45) is 1.01. The van der Waals surface area contributed by atoms with Crippen molar-refractivity contribution in [1.82, 2.24) is 0 Å². The van der Waals surface area contributed by atoms with Gasteiger partial charge in [-0.2, -0.15) is 0 Å². The largest absolute Gasteiger partial charge is 0.375 e. The number of hydrogen-bond acceptors (Lipinski definition) is 1. The number of anilines is 1. The molecule has 0 bridgehead atoms. The monoisotopic (exact) mass is 333 g/mol. The topological polar surface area (TPSA) is 12.0 Å². The summed E-state index contributed by atoms with van der Waals surface area (Å²) in [5, 5.41) is 3.39. The predicted octanol–water partition coefficient (Wildman–Crippen LogP) is 5.32. The highest BCUT2D eigenvalue weighted by Gasteiger charge is 2.38. The third-order valence-electron chi connectivity index (χ3n) is 4.02. The average Bonchev–Trinajstić information content (AvgIpc) is 2.65. The summed E-state index contributed by atoms with van der Waals surface area (Å²) in [5.74, 6) is -0.214. The van der Waals surface area contributed by atoms with E-state index in [1.165, 1.54) is 17.2 Å². The van der Waals surface area contributed by atoms with E-state index >= 15 is 0 Å². The van der Waals surface area contributed by atoms with Crippen molar-refractivity contribution in [2.24, 2.45) is 5.41 Å². The van der Waals surface area contributed by atoms with Gasteiger partial charge >= 0.3 is 0 Å². The fourth-order valence-electron chi connectivity index (χ4n) is 3.03. The van der Waals surface area contributed by atoms with E-state index in [9.17, 15) is 4.39 Å². The number of nitrogens with one attached hydrogen (secondary N) is 1. The van der Waals surface area contributed by atoms with E-state index in [1.807, 2.05) is 6.07 Å². The molecule has 1 atom stereocenters. The molecule has 0 heterocycles. The average molecular weight is 334 g/mol. The summed E-state index contributed by atoms with van der Waals surface area (Å²) in [5.41, 5.74) is 3.25. The van der Waals surface area contributed by atoms with Crippen LogP contribution in [0.3, 0.4) is 0 Å². The second kappa shape index (κ2) is 4.88. The molecular formula is C17H17BrFN. The summed E-state index contributed by atoms with van der Waals surface area (Å²) in [6, 6.07) is 13.5. The second-order valence-electron chi connectivity index (χ2n) is 6.07. The highest BCUT2D eigenvalue weighted by molar-refractivity contribution is 9.10. The Bertz CT molecular complexity index is 651. The maximum absolute atomic E-state index is 14.0. The van der Waals surface area contributed by atoms with Crippen molar-refractivity contribution in [3.63, 3.8) is 0 Å². The molecule has 3 heteroatoms. The SMILES string of the molecule is CC1(C)Cc2ccccc2C1Nc1cc(Br)ccc1F. The summed E-state index contributed by atoms with van der Waals surface area (Å²) in [4.78, 5) is 0. The third kappa shape index (κ3) is 2.35. The second-order valence-corrected chi connectivity index (χ2v) is 6.98. The Balaban J connectivity index is 1.99. The van der Waals surface area contributed by atoms with E-state index in [-0.39, 0.29) is 17.3 Å². The zero-order chi connectivity index (χ0) is 14.3. The first kappa shape index (κ1) is 13.6. The summed E-state index contributed by atoms with van der Waals surface area (Å²) >= 11 is 3.40. The van der Waals surface area contributed by atoms with Gasteiger partial charge in [-0.25, -0.2) is 4.39 Å². The van der Waals surface area contributed by atoms with Crippen LogP contribution < -0.4 is 5.32 Å². The van der Waals surface area contributed by atoms with E-state index in [0.717, 1.165) is 10.9 Å². The molecule has 0 fully saturated rings. The normalized spacial score (nSPS) is 19.7. The molecule has 3 rings (SSSR count). The molecule has 1 N–H and O–H groups in total. The van der Waals surface area contributed by atoms with Gasteiger partial charge in [-0.05, 0) is 41.2 Å². The fourth-order valence-corrected chi connectivity index (χ4v) is 3.39. The molecule has 0 saturated carbocycles. The molecule has 0 aromatic heterocycles. The maximum Gasteiger partial charge on any atom is 0.146 e. The van der Waals surface area contributed by atoms with Crippen LogP contribution in [-0.4, -0.2) is 0 Å². The predicted molar refractivity (Wildman–Crippen MR) is 84.4 cm³/mol. The van der Waals surface area contributed by atoms with Gasteiger partial charge in [-0.1, -0.05) is 54.0 Å². The van der Waals surface area contributed by atoms with Crippen LogP contribution >= 0.6 is 15.9 Å². The molecular weight excluding hydrogens is 317 g/mol. The van der Waals surface area contributed by atoms with Crippen LogP contribution in [0.4, 0.5) is 10.1 Å². The van der Waals surface area contributed by atoms with Gasteiger partial charge in [0.15, 0.2) is 0 Å². The van der Waals surface area contributed by atoms with Crippen molar-refractivity contribution in [2.45, 2.75) is 26.3 Å². The Kier molecular flexibility index (Phi) is 3.33. The lowest BCUT2D eigenvalue weighted by atomic mass is 9.85. The fraction of sp³-hybridized carbons (Fsp3) is 0.294. The van der Waals surface area contributed by atoms with Crippen molar-refractivity contribution in [1.29, 1.82) is 0 Å². The number of hydrogen-bond donors (Lipinski definition) is 1. The van der Waals surface area contributed by atoms with Gasteiger partial charge in [0.25, 0.3) is 0 Å². The van der Waals surface area contributed by atoms with E-state index in [2.05, 4.69) is 53.3 Å². The van der Waals surface area contributed by atoms with Crippen LogP contribution in [0.5, 0.6) is 0 Å². The lowest BCUT2D eigenvalue weighted by molar-refractivity contribution is 0.336. The first-order valence-corrected chi connectivity index (χ1v) is 7.56. The zero-order valence-corrected chi connectivity index (χ0v) is 13.2. The van der Waals surface area contributed by atoms with Crippen LogP contribution in [-0.2, 0) is 6.42 Å². The number of fused-ring (bicyclic) bond motifs is 1. The summed E-state index contributed by atoms with van der Waals surface area (Å²) < 4.78 is 14.8. The Morgan fingerprint density at radius 3 is 2.75 bits per heavy atom. The van der Waals surface area contributed by atoms with Crippen molar-refractivity contribution >= 4 is 21.6 Å².